The van der Waals surface area contributed by atoms with E-state index in [1.54, 1.807) is 19.2 Å². The predicted octanol–water partition coefficient (Wildman–Crippen LogP) is -0.810. The Labute approximate surface area is 108 Å². The van der Waals surface area contributed by atoms with Crippen LogP contribution in [0.4, 0.5) is 5.82 Å². The Morgan fingerprint density at radius 3 is 2.74 bits per heavy atom. The molecule has 8 nitrogen and oxygen atoms in total. The van der Waals surface area contributed by atoms with Gasteiger partial charge in [-0.25, -0.2) is 19.4 Å². The van der Waals surface area contributed by atoms with Crippen LogP contribution >= 0.6 is 0 Å². The molecule has 0 spiro atoms. The fourth-order valence-electron chi connectivity index (χ4n) is 1.59. The van der Waals surface area contributed by atoms with Crippen molar-refractivity contribution in [2.75, 3.05) is 5.32 Å². The van der Waals surface area contributed by atoms with E-state index in [0.29, 0.717) is 12.4 Å². The Bertz CT molecular complexity index is 718. The van der Waals surface area contributed by atoms with Crippen molar-refractivity contribution < 1.29 is 0 Å². The lowest BCUT2D eigenvalue weighted by Gasteiger charge is -2.07. The smallest absolute Gasteiger partial charge is 0.346 e. The molecule has 0 aliphatic carbocycles. The van der Waals surface area contributed by atoms with Crippen LogP contribution < -0.4 is 16.6 Å². The normalized spacial score (nSPS) is 10.5. The minimum absolute atomic E-state index is 0.112. The topological polar surface area (TPSA) is 94.7 Å². The second-order valence-electron chi connectivity index (χ2n) is 4.07. The monoisotopic (exact) mass is 262 g/mol. The quantitative estimate of drug-likeness (QED) is 0.777. The number of nitrogens with one attached hydrogen (secondary N) is 1. The molecule has 2 rings (SSSR count). The maximum atomic E-state index is 11.8. The minimum atomic E-state index is -0.464. The van der Waals surface area contributed by atoms with E-state index in [4.69, 9.17) is 0 Å². The Balaban J connectivity index is 2.26. The third kappa shape index (κ3) is 2.67. The molecule has 0 aliphatic heterocycles. The summed E-state index contributed by atoms with van der Waals surface area (Å²) in [4.78, 5) is 31.5. The molecule has 2 aromatic rings. The third-order valence-electron chi connectivity index (χ3n) is 2.59. The first-order chi connectivity index (χ1) is 8.99. The number of nitrogens with zero attached hydrogens (tertiary/aromatic N) is 5. The van der Waals surface area contributed by atoms with Gasteiger partial charge >= 0.3 is 5.69 Å². The predicted molar refractivity (Wildman–Crippen MR) is 68.8 cm³/mol. The van der Waals surface area contributed by atoms with Crippen molar-refractivity contribution in [2.45, 2.75) is 13.5 Å². The Hall–Kier alpha value is -2.51. The molecule has 0 aliphatic rings. The zero-order valence-electron chi connectivity index (χ0n) is 10.9. The van der Waals surface area contributed by atoms with E-state index in [1.807, 2.05) is 0 Å². The van der Waals surface area contributed by atoms with Gasteiger partial charge in [-0.15, -0.1) is 5.10 Å². The summed E-state index contributed by atoms with van der Waals surface area (Å²) in [6, 6.07) is 1.74. The van der Waals surface area contributed by atoms with Crippen LogP contribution in [0.1, 0.15) is 11.5 Å². The van der Waals surface area contributed by atoms with E-state index in [-0.39, 0.29) is 5.82 Å². The molecule has 19 heavy (non-hydrogen) atoms. The highest BCUT2D eigenvalue weighted by molar-refractivity contribution is 5.30. The van der Waals surface area contributed by atoms with Crippen molar-refractivity contribution in [1.29, 1.82) is 0 Å². The van der Waals surface area contributed by atoms with Crippen LogP contribution in [0.5, 0.6) is 0 Å². The first-order valence-electron chi connectivity index (χ1n) is 5.66. The van der Waals surface area contributed by atoms with Gasteiger partial charge in [-0.3, -0.25) is 9.36 Å². The summed E-state index contributed by atoms with van der Waals surface area (Å²) in [7, 11) is 2.90. The van der Waals surface area contributed by atoms with Crippen LogP contribution in [0.25, 0.3) is 0 Å². The van der Waals surface area contributed by atoms with Crippen LogP contribution in [0.2, 0.25) is 0 Å². The molecule has 0 unspecified atom stereocenters. The van der Waals surface area contributed by atoms with Gasteiger partial charge in [0.05, 0.1) is 12.2 Å². The fraction of sp³-hybridized carbons (Fsp3) is 0.364. The molecule has 0 radical (unpaired) electrons. The van der Waals surface area contributed by atoms with E-state index >= 15 is 0 Å². The SMILES string of the molecule is Cc1nccc(CNc2nn(C)c(=O)n(C)c2=O)n1. The van der Waals surface area contributed by atoms with E-state index in [0.717, 1.165) is 14.9 Å². The van der Waals surface area contributed by atoms with Gasteiger partial charge in [0.1, 0.15) is 5.82 Å². The third-order valence-corrected chi connectivity index (χ3v) is 2.59. The highest BCUT2D eigenvalue weighted by Gasteiger charge is 2.08. The lowest BCUT2D eigenvalue weighted by atomic mass is 10.4. The molecule has 0 fully saturated rings. The van der Waals surface area contributed by atoms with Crippen molar-refractivity contribution in [3.63, 3.8) is 0 Å². The van der Waals surface area contributed by atoms with Crippen LogP contribution in [0.15, 0.2) is 21.9 Å². The van der Waals surface area contributed by atoms with Crippen molar-refractivity contribution >= 4 is 5.82 Å². The number of hydrogen-bond donors (Lipinski definition) is 1. The molecular formula is C11H14N6O2. The first-order valence-corrected chi connectivity index (χ1v) is 5.66. The van der Waals surface area contributed by atoms with Crippen LogP contribution in [-0.4, -0.2) is 24.3 Å². The molecule has 100 valence electrons. The zero-order valence-corrected chi connectivity index (χ0v) is 10.9. The molecule has 2 heterocycles. The van der Waals surface area contributed by atoms with Gasteiger partial charge < -0.3 is 5.32 Å². The van der Waals surface area contributed by atoms with E-state index in [1.165, 1.54) is 14.1 Å². The standard InChI is InChI=1S/C11H14N6O2/c1-7-12-5-4-8(14-7)6-13-9-10(18)16(2)11(19)17(3)15-9/h4-5H,6H2,1-3H3,(H,13,15). The Morgan fingerprint density at radius 2 is 2.05 bits per heavy atom. The lowest BCUT2D eigenvalue weighted by Crippen LogP contribution is -2.39. The molecule has 0 saturated carbocycles. The average Bonchev–Trinajstić information content (AvgIpc) is 2.39. The van der Waals surface area contributed by atoms with Crippen molar-refractivity contribution in [3.05, 3.63) is 44.6 Å². The maximum Gasteiger partial charge on any atom is 0.346 e. The molecule has 1 N–H and O–H groups in total. The first kappa shape index (κ1) is 12.9. The summed E-state index contributed by atoms with van der Waals surface area (Å²) in [6.45, 7) is 2.12. The van der Waals surface area contributed by atoms with Crippen LogP contribution in [0, 0.1) is 6.92 Å². The summed E-state index contributed by atoms with van der Waals surface area (Å²) < 4.78 is 2.11. The largest absolute Gasteiger partial charge is 0.358 e. The number of hydrogen-bond acceptors (Lipinski definition) is 6. The lowest BCUT2D eigenvalue weighted by molar-refractivity contribution is 0.604. The van der Waals surface area contributed by atoms with Gasteiger partial charge in [-0.2, -0.15) is 0 Å². The summed E-state index contributed by atoms with van der Waals surface area (Å²) >= 11 is 0. The number of rotatable bonds is 3. The van der Waals surface area contributed by atoms with Crippen molar-refractivity contribution in [2.24, 2.45) is 14.1 Å². The van der Waals surface area contributed by atoms with Crippen molar-refractivity contribution in [1.82, 2.24) is 24.3 Å². The molecule has 8 heteroatoms. The summed E-state index contributed by atoms with van der Waals surface area (Å²) in [6.07, 6.45) is 1.64. The molecular weight excluding hydrogens is 248 g/mol. The maximum absolute atomic E-state index is 11.8. The van der Waals surface area contributed by atoms with Crippen LogP contribution in [-0.2, 0) is 20.6 Å². The molecule has 0 bridgehead atoms. The van der Waals surface area contributed by atoms with E-state index in [9.17, 15) is 9.59 Å². The summed E-state index contributed by atoms with van der Waals surface area (Å²) in [5.74, 6) is 0.765. The van der Waals surface area contributed by atoms with Gasteiger partial charge in [0.15, 0.2) is 0 Å². The van der Waals surface area contributed by atoms with Gasteiger partial charge in [-0.1, -0.05) is 0 Å². The molecule has 0 amide bonds. The van der Waals surface area contributed by atoms with E-state index in [2.05, 4.69) is 20.4 Å². The van der Waals surface area contributed by atoms with Gasteiger partial charge in [-0.05, 0) is 13.0 Å². The number of aryl methyl sites for hydroxylation is 2. The fourth-order valence-corrected chi connectivity index (χ4v) is 1.59. The summed E-state index contributed by atoms with van der Waals surface area (Å²) in [5.41, 5.74) is -0.187. The molecule has 0 saturated heterocycles. The van der Waals surface area contributed by atoms with Gasteiger partial charge in [0, 0.05) is 20.3 Å². The number of aromatic nitrogens is 5. The minimum Gasteiger partial charge on any atom is -0.358 e. The molecule has 2 aromatic heterocycles. The average molecular weight is 262 g/mol. The number of anilines is 1. The summed E-state index contributed by atoms with van der Waals surface area (Å²) in [5, 5.41) is 6.76. The van der Waals surface area contributed by atoms with Gasteiger partial charge in [0.25, 0.3) is 5.56 Å². The van der Waals surface area contributed by atoms with Crippen molar-refractivity contribution in [3.8, 4) is 0 Å². The second-order valence-corrected chi connectivity index (χ2v) is 4.07. The van der Waals surface area contributed by atoms with Gasteiger partial charge in [0.2, 0.25) is 5.82 Å². The molecule has 0 atom stereocenters. The second kappa shape index (κ2) is 5.01. The highest BCUT2D eigenvalue weighted by atomic mass is 16.2. The Kier molecular flexibility index (Phi) is 3.41. The molecule has 0 aromatic carbocycles. The Morgan fingerprint density at radius 1 is 1.32 bits per heavy atom. The highest BCUT2D eigenvalue weighted by Crippen LogP contribution is 1.98. The van der Waals surface area contributed by atoms with E-state index < -0.39 is 11.2 Å². The zero-order chi connectivity index (χ0) is 14.0. The van der Waals surface area contributed by atoms with Crippen LogP contribution in [0.3, 0.4) is 0 Å².